The number of halogens is 2. The maximum absolute atomic E-state index is 13.5. The summed E-state index contributed by atoms with van der Waals surface area (Å²) in [6.07, 6.45) is 0.300. The van der Waals surface area contributed by atoms with Crippen LogP contribution in [0.15, 0.2) is 52.9 Å². The lowest BCUT2D eigenvalue weighted by Crippen LogP contribution is -2.26. The van der Waals surface area contributed by atoms with Gasteiger partial charge < -0.3 is 9.73 Å². The van der Waals surface area contributed by atoms with Gasteiger partial charge in [-0.25, -0.2) is 8.78 Å². The number of hydrogen-bond acceptors (Lipinski definition) is 4. The number of carbonyl (C=O) groups excluding carboxylic acids is 1. The van der Waals surface area contributed by atoms with Crippen LogP contribution in [-0.4, -0.2) is 22.6 Å². The standard InChI is InChI=1S/C17H13F2N3O2/c18-12-7-5-11(6-8-12)17-22-21-15(24-17)9-10-20-16(23)13-3-1-2-4-14(13)19/h1-8H,9-10H2,(H,20,23). The first-order valence-electron chi connectivity index (χ1n) is 7.24. The minimum absolute atomic E-state index is 0.0185. The summed E-state index contributed by atoms with van der Waals surface area (Å²) < 4.78 is 31.8. The molecule has 1 N–H and O–H groups in total. The molecule has 0 fully saturated rings. The Labute approximate surface area is 136 Å². The number of benzene rings is 2. The summed E-state index contributed by atoms with van der Waals surface area (Å²) in [6.45, 7) is 0.220. The Hall–Kier alpha value is -3.09. The highest BCUT2D eigenvalue weighted by Crippen LogP contribution is 2.18. The number of rotatable bonds is 5. The molecule has 0 aliphatic rings. The van der Waals surface area contributed by atoms with Crippen LogP contribution in [0.25, 0.3) is 11.5 Å². The maximum atomic E-state index is 13.5. The van der Waals surface area contributed by atoms with E-state index in [0.29, 0.717) is 17.9 Å². The first kappa shape index (κ1) is 15.8. The van der Waals surface area contributed by atoms with Gasteiger partial charge in [-0.2, -0.15) is 0 Å². The van der Waals surface area contributed by atoms with E-state index >= 15 is 0 Å². The van der Waals surface area contributed by atoms with Gasteiger partial charge in [0.25, 0.3) is 5.91 Å². The van der Waals surface area contributed by atoms with Gasteiger partial charge in [-0.3, -0.25) is 4.79 Å². The fraction of sp³-hybridized carbons (Fsp3) is 0.118. The largest absolute Gasteiger partial charge is 0.421 e. The Balaban J connectivity index is 1.57. The van der Waals surface area contributed by atoms with Crippen LogP contribution < -0.4 is 5.32 Å². The highest BCUT2D eigenvalue weighted by atomic mass is 19.1. The summed E-state index contributed by atoms with van der Waals surface area (Å²) in [6, 6.07) is 11.4. The van der Waals surface area contributed by atoms with E-state index in [1.165, 1.54) is 42.5 Å². The molecule has 0 aliphatic heterocycles. The van der Waals surface area contributed by atoms with Crippen molar-refractivity contribution in [1.82, 2.24) is 15.5 Å². The van der Waals surface area contributed by atoms with Gasteiger partial charge in [0.2, 0.25) is 11.8 Å². The van der Waals surface area contributed by atoms with Crippen LogP contribution in [0, 0.1) is 11.6 Å². The van der Waals surface area contributed by atoms with Crippen LogP contribution in [0.1, 0.15) is 16.2 Å². The Bertz CT molecular complexity index is 847. The van der Waals surface area contributed by atoms with Crippen LogP contribution in [0.3, 0.4) is 0 Å². The van der Waals surface area contributed by atoms with Crippen LogP contribution in [0.5, 0.6) is 0 Å². The predicted octanol–water partition coefficient (Wildman–Crippen LogP) is 2.99. The van der Waals surface area contributed by atoms with Crippen LogP contribution in [0.4, 0.5) is 8.78 Å². The lowest BCUT2D eigenvalue weighted by molar-refractivity contribution is 0.0949. The topological polar surface area (TPSA) is 68.0 Å². The Morgan fingerprint density at radius 3 is 2.54 bits per heavy atom. The molecule has 0 atom stereocenters. The van der Waals surface area contributed by atoms with Crippen molar-refractivity contribution in [2.75, 3.05) is 6.54 Å². The van der Waals surface area contributed by atoms with E-state index in [1.807, 2.05) is 0 Å². The molecule has 0 spiro atoms. The van der Waals surface area contributed by atoms with Crippen LogP contribution >= 0.6 is 0 Å². The molecular formula is C17H13F2N3O2. The number of hydrogen-bond donors (Lipinski definition) is 1. The van der Waals surface area contributed by atoms with Gasteiger partial charge in [-0.15, -0.1) is 10.2 Å². The molecule has 0 radical (unpaired) electrons. The highest BCUT2D eigenvalue weighted by Gasteiger charge is 2.12. The third-order valence-electron chi connectivity index (χ3n) is 3.30. The molecule has 5 nitrogen and oxygen atoms in total. The van der Waals surface area contributed by atoms with Crippen molar-refractivity contribution in [2.45, 2.75) is 6.42 Å². The molecule has 0 aliphatic carbocycles. The number of aromatic nitrogens is 2. The average molecular weight is 329 g/mol. The first-order valence-corrected chi connectivity index (χ1v) is 7.24. The summed E-state index contributed by atoms with van der Waals surface area (Å²) >= 11 is 0. The van der Waals surface area contributed by atoms with Crippen molar-refractivity contribution in [1.29, 1.82) is 0 Å². The average Bonchev–Trinajstić information content (AvgIpc) is 3.04. The monoisotopic (exact) mass is 329 g/mol. The molecule has 7 heteroatoms. The van der Waals surface area contributed by atoms with Gasteiger partial charge in [-0.1, -0.05) is 12.1 Å². The Morgan fingerprint density at radius 2 is 1.79 bits per heavy atom. The summed E-state index contributed by atoms with van der Waals surface area (Å²) in [5, 5.41) is 10.3. The number of nitrogens with zero attached hydrogens (tertiary/aromatic N) is 2. The third kappa shape index (κ3) is 3.62. The van der Waals surface area contributed by atoms with E-state index in [-0.39, 0.29) is 23.8 Å². The van der Waals surface area contributed by atoms with E-state index < -0.39 is 11.7 Å². The summed E-state index contributed by atoms with van der Waals surface area (Å²) in [5.74, 6) is -0.847. The van der Waals surface area contributed by atoms with E-state index in [1.54, 1.807) is 6.07 Å². The Morgan fingerprint density at radius 1 is 1.04 bits per heavy atom. The van der Waals surface area contributed by atoms with Crippen LogP contribution in [0.2, 0.25) is 0 Å². The third-order valence-corrected chi connectivity index (χ3v) is 3.30. The zero-order valence-electron chi connectivity index (χ0n) is 12.5. The molecule has 1 heterocycles. The fourth-order valence-electron chi connectivity index (χ4n) is 2.09. The molecule has 122 valence electrons. The summed E-state index contributed by atoms with van der Waals surface area (Å²) in [5.41, 5.74) is 0.584. The predicted molar refractivity (Wildman–Crippen MR) is 82.1 cm³/mol. The second kappa shape index (κ2) is 6.99. The van der Waals surface area contributed by atoms with E-state index in [4.69, 9.17) is 4.42 Å². The molecule has 3 rings (SSSR count). The molecule has 24 heavy (non-hydrogen) atoms. The smallest absolute Gasteiger partial charge is 0.254 e. The molecule has 0 unspecified atom stereocenters. The molecular weight excluding hydrogens is 316 g/mol. The van der Waals surface area contributed by atoms with Gasteiger partial charge in [0.15, 0.2) is 0 Å². The van der Waals surface area contributed by atoms with E-state index in [0.717, 1.165) is 0 Å². The van der Waals surface area contributed by atoms with Crippen molar-refractivity contribution in [3.8, 4) is 11.5 Å². The lowest BCUT2D eigenvalue weighted by atomic mass is 10.2. The second-order valence-corrected chi connectivity index (χ2v) is 4.99. The van der Waals surface area contributed by atoms with E-state index in [2.05, 4.69) is 15.5 Å². The van der Waals surface area contributed by atoms with Gasteiger partial charge >= 0.3 is 0 Å². The molecule has 0 bridgehead atoms. The van der Waals surface area contributed by atoms with Gasteiger partial charge in [0.05, 0.1) is 5.56 Å². The van der Waals surface area contributed by atoms with Crippen molar-refractivity contribution in [2.24, 2.45) is 0 Å². The molecule has 3 aromatic rings. The highest BCUT2D eigenvalue weighted by molar-refractivity contribution is 5.94. The van der Waals surface area contributed by atoms with Gasteiger partial charge in [0.1, 0.15) is 11.6 Å². The number of amides is 1. The molecule has 2 aromatic carbocycles. The normalized spacial score (nSPS) is 10.6. The molecule has 1 aromatic heterocycles. The zero-order valence-corrected chi connectivity index (χ0v) is 12.5. The van der Waals surface area contributed by atoms with Gasteiger partial charge in [-0.05, 0) is 36.4 Å². The molecule has 1 amide bonds. The number of nitrogens with one attached hydrogen (secondary N) is 1. The fourth-order valence-corrected chi connectivity index (χ4v) is 2.09. The zero-order chi connectivity index (χ0) is 16.9. The van der Waals surface area contributed by atoms with E-state index in [9.17, 15) is 13.6 Å². The quantitative estimate of drug-likeness (QED) is 0.781. The summed E-state index contributed by atoms with van der Waals surface area (Å²) in [7, 11) is 0. The lowest BCUT2D eigenvalue weighted by Gasteiger charge is -2.04. The Kier molecular flexibility index (Phi) is 4.60. The molecule has 0 saturated carbocycles. The van der Waals surface area contributed by atoms with Crippen molar-refractivity contribution >= 4 is 5.91 Å². The van der Waals surface area contributed by atoms with Crippen molar-refractivity contribution in [3.63, 3.8) is 0 Å². The SMILES string of the molecule is O=C(NCCc1nnc(-c2ccc(F)cc2)o1)c1ccccc1F. The maximum Gasteiger partial charge on any atom is 0.254 e. The summed E-state index contributed by atoms with van der Waals surface area (Å²) in [4.78, 5) is 11.9. The second-order valence-electron chi connectivity index (χ2n) is 4.99. The van der Waals surface area contributed by atoms with Crippen molar-refractivity contribution in [3.05, 3.63) is 71.6 Å². The minimum Gasteiger partial charge on any atom is -0.421 e. The van der Waals surface area contributed by atoms with Crippen LogP contribution in [-0.2, 0) is 6.42 Å². The minimum atomic E-state index is -0.577. The first-order chi connectivity index (χ1) is 11.6. The van der Waals surface area contributed by atoms with Crippen molar-refractivity contribution < 1.29 is 18.0 Å². The van der Waals surface area contributed by atoms with Gasteiger partial charge in [0, 0.05) is 18.5 Å². The number of carbonyl (C=O) groups is 1. The molecule has 0 saturated heterocycles.